The van der Waals surface area contributed by atoms with Gasteiger partial charge in [-0.2, -0.15) is 0 Å². The fourth-order valence-electron chi connectivity index (χ4n) is 1.74. The summed E-state index contributed by atoms with van der Waals surface area (Å²) in [6.07, 6.45) is -0.443. The number of esters is 1. The smallest absolute Gasteiger partial charge is 0.348 e. The van der Waals surface area contributed by atoms with E-state index in [1.54, 1.807) is 7.05 Å². The van der Waals surface area contributed by atoms with Crippen LogP contribution in [0, 0.1) is 0 Å². The number of hydrogen-bond acceptors (Lipinski definition) is 6. The zero-order valence-electron chi connectivity index (χ0n) is 10.8. The van der Waals surface area contributed by atoms with Gasteiger partial charge >= 0.3 is 5.97 Å². The third-order valence-corrected chi connectivity index (χ3v) is 3.06. The second kappa shape index (κ2) is 7.81. The lowest BCUT2D eigenvalue weighted by molar-refractivity contribution is -0.161. The number of ether oxygens (including phenoxy) is 2. The van der Waals surface area contributed by atoms with Crippen LogP contribution in [0.5, 0.6) is 0 Å². The molecule has 1 rings (SSSR count). The average Bonchev–Trinajstić information content (AvgIpc) is 2.44. The molecule has 0 aliphatic heterocycles. The largest absolute Gasteiger partial charge is 0.466 e. The Hall–Kier alpha value is -1.53. The predicted octanol–water partition coefficient (Wildman–Crippen LogP) is 0.820. The van der Waals surface area contributed by atoms with Crippen molar-refractivity contribution in [2.75, 3.05) is 14.2 Å². The number of methoxy groups -OCH3 is 1. The molecule has 0 amide bonds. The molecule has 1 aromatic carbocycles. The van der Waals surface area contributed by atoms with Crippen molar-refractivity contribution >= 4 is 25.1 Å². The van der Waals surface area contributed by atoms with Crippen LogP contribution in [-0.4, -0.2) is 38.7 Å². The van der Waals surface area contributed by atoms with Crippen molar-refractivity contribution in [1.82, 2.24) is 5.32 Å². The lowest BCUT2D eigenvalue weighted by Crippen LogP contribution is -2.46. The summed E-state index contributed by atoms with van der Waals surface area (Å²) in [4.78, 5) is 22.9. The molecule has 5 nitrogen and oxygen atoms in total. The van der Waals surface area contributed by atoms with E-state index < -0.39 is 12.1 Å². The number of likely N-dealkylation sites (N-methyl/N-ethyl adjacent to an activating group) is 1. The highest BCUT2D eigenvalue weighted by molar-refractivity contribution is 7.80. The van der Waals surface area contributed by atoms with Crippen LogP contribution >= 0.6 is 12.6 Å². The highest BCUT2D eigenvalue weighted by Crippen LogP contribution is 2.12. The van der Waals surface area contributed by atoms with Gasteiger partial charge in [0.15, 0.2) is 0 Å². The maximum atomic E-state index is 11.6. The van der Waals surface area contributed by atoms with Gasteiger partial charge in [-0.05, 0) is 31.2 Å². The summed E-state index contributed by atoms with van der Waals surface area (Å²) in [5, 5.41) is 2.96. The highest BCUT2D eigenvalue weighted by atomic mass is 32.1. The van der Waals surface area contributed by atoms with E-state index in [4.69, 9.17) is 4.74 Å². The molecule has 1 N–H and O–H groups in total. The van der Waals surface area contributed by atoms with Gasteiger partial charge in [-0.25, -0.2) is 4.79 Å². The Labute approximate surface area is 117 Å². The second-order valence-corrected chi connectivity index (χ2v) is 4.46. The average molecular weight is 283 g/mol. The summed E-state index contributed by atoms with van der Waals surface area (Å²) >= 11 is 4.21. The van der Waals surface area contributed by atoms with E-state index in [2.05, 4.69) is 22.7 Å². The standard InChI is InChI=1S/C13H17NO4S/c1-14-11(12(18-8-15)13(16)17-2)7-9-3-5-10(19)6-4-9/h3-6,8,11-12,14,19H,7H2,1-2H3. The molecule has 0 fully saturated rings. The van der Waals surface area contributed by atoms with E-state index in [-0.39, 0.29) is 12.5 Å². The van der Waals surface area contributed by atoms with Crippen LogP contribution in [0.4, 0.5) is 0 Å². The Kier molecular flexibility index (Phi) is 6.38. The summed E-state index contributed by atoms with van der Waals surface area (Å²) < 4.78 is 9.44. The number of nitrogens with one attached hydrogen (secondary N) is 1. The van der Waals surface area contributed by atoms with E-state index in [0.29, 0.717) is 6.42 Å². The van der Waals surface area contributed by atoms with Gasteiger partial charge in [-0.3, -0.25) is 4.79 Å². The van der Waals surface area contributed by atoms with Crippen LogP contribution < -0.4 is 5.32 Å². The molecular weight excluding hydrogens is 266 g/mol. The maximum absolute atomic E-state index is 11.6. The van der Waals surface area contributed by atoms with Crippen LogP contribution in [-0.2, 0) is 25.5 Å². The minimum Gasteiger partial charge on any atom is -0.466 e. The summed E-state index contributed by atoms with van der Waals surface area (Å²) in [6, 6.07) is 7.17. The molecule has 0 spiro atoms. The van der Waals surface area contributed by atoms with Gasteiger partial charge < -0.3 is 14.8 Å². The molecule has 104 valence electrons. The van der Waals surface area contributed by atoms with Crippen molar-refractivity contribution in [3.63, 3.8) is 0 Å². The molecule has 0 bridgehead atoms. The van der Waals surface area contributed by atoms with Crippen molar-refractivity contribution in [2.45, 2.75) is 23.5 Å². The predicted molar refractivity (Wildman–Crippen MR) is 73.2 cm³/mol. The Balaban J connectivity index is 2.81. The first-order valence-electron chi connectivity index (χ1n) is 5.74. The molecule has 1 aromatic rings. The van der Waals surface area contributed by atoms with Crippen LogP contribution in [0.25, 0.3) is 0 Å². The molecule has 2 unspecified atom stereocenters. The SMILES string of the molecule is CNC(Cc1ccc(S)cc1)C(OC=O)C(=O)OC. The molecule has 19 heavy (non-hydrogen) atoms. The first kappa shape index (κ1) is 15.5. The second-order valence-electron chi connectivity index (χ2n) is 3.94. The minimum atomic E-state index is -0.969. The van der Waals surface area contributed by atoms with Gasteiger partial charge in [0.2, 0.25) is 6.10 Å². The zero-order chi connectivity index (χ0) is 14.3. The van der Waals surface area contributed by atoms with Gasteiger partial charge in [0.05, 0.1) is 13.2 Å². The molecule has 0 aliphatic carbocycles. The molecule has 0 heterocycles. The Morgan fingerprint density at radius 1 is 1.42 bits per heavy atom. The van der Waals surface area contributed by atoms with Crippen LogP contribution in [0.15, 0.2) is 29.2 Å². The monoisotopic (exact) mass is 283 g/mol. The lowest BCUT2D eigenvalue weighted by atomic mass is 10.0. The normalized spacial score (nSPS) is 13.4. The topological polar surface area (TPSA) is 64.6 Å². The number of carbonyl (C=O) groups is 2. The molecule has 6 heteroatoms. The molecule has 0 aromatic heterocycles. The van der Waals surface area contributed by atoms with E-state index >= 15 is 0 Å². The van der Waals surface area contributed by atoms with E-state index in [1.165, 1.54) is 7.11 Å². The Bertz CT molecular complexity index is 421. The summed E-state index contributed by atoms with van der Waals surface area (Å²) in [7, 11) is 2.95. The Morgan fingerprint density at radius 3 is 2.53 bits per heavy atom. The number of benzene rings is 1. The van der Waals surface area contributed by atoms with Crippen molar-refractivity contribution in [3.05, 3.63) is 29.8 Å². The van der Waals surface area contributed by atoms with Crippen LogP contribution in [0.3, 0.4) is 0 Å². The minimum absolute atomic E-state index is 0.253. The van der Waals surface area contributed by atoms with Crippen LogP contribution in [0.2, 0.25) is 0 Å². The molecule has 0 radical (unpaired) electrons. The van der Waals surface area contributed by atoms with Crippen molar-refractivity contribution < 1.29 is 19.1 Å². The Morgan fingerprint density at radius 2 is 2.05 bits per heavy atom. The third-order valence-electron chi connectivity index (χ3n) is 2.76. The summed E-state index contributed by atoms with van der Waals surface area (Å²) in [6.45, 7) is 0.253. The summed E-state index contributed by atoms with van der Waals surface area (Å²) in [5.41, 5.74) is 1.00. The first-order valence-corrected chi connectivity index (χ1v) is 6.19. The third kappa shape index (κ3) is 4.57. The number of rotatable bonds is 7. The first-order chi connectivity index (χ1) is 9.12. The van der Waals surface area contributed by atoms with Crippen molar-refractivity contribution in [3.8, 4) is 0 Å². The van der Waals surface area contributed by atoms with E-state index in [9.17, 15) is 9.59 Å². The molecule has 0 aliphatic rings. The quantitative estimate of drug-likeness (QED) is 0.441. The summed E-state index contributed by atoms with van der Waals surface area (Å²) in [5.74, 6) is -0.586. The molecule has 2 atom stereocenters. The van der Waals surface area contributed by atoms with Crippen molar-refractivity contribution in [1.29, 1.82) is 0 Å². The molecular formula is C13H17NO4S. The van der Waals surface area contributed by atoms with Gasteiger partial charge in [0.1, 0.15) is 0 Å². The molecule has 0 saturated carbocycles. The number of hydrogen-bond donors (Lipinski definition) is 2. The van der Waals surface area contributed by atoms with E-state index in [0.717, 1.165) is 10.5 Å². The number of thiol groups is 1. The number of carbonyl (C=O) groups excluding carboxylic acids is 2. The fourth-order valence-corrected chi connectivity index (χ4v) is 1.89. The van der Waals surface area contributed by atoms with E-state index in [1.807, 2.05) is 24.3 Å². The highest BCUT2D eigenvalue weighted by Gasteiger charge is 2.30. The van der Waals surface area contributed by atoms with Gasteiger partial charge in [-0.15, -0.1) is 12.6 Å². The fraction of sp³-hybridized carbons (Fsp3) is 0.385. The van der Waals surface area contributed by atoms with Gasteiger partial charge in [-0.1, -0.05) is 12.1 Å². The zero-order valence-corrected chi connectivity index (χ0v) is 11.7. The molecule has 0 saturated heterocycles. The maximum Gasteiger partial charge on any atom is 0.348 e. The van der Waals surface area contributed by atoms with Crippen LogP contribution in [0.1, 0.15) is 5.56 Å². The van der Waals surface area contributed by atoms with Gasteiger partial charge in [0, 0.05) is 4.90 Å². The van der Waals surface area contributed by atoms with Gasteiger partial charge in [0.25, 0.3) is 6.47 Å². The lowest BCUT2D eigenvalue weighted by Gasteiger charge is -2.23. The van der Waals surface area contributed by atoms with Crippen molar-refractivity contribution in [2.24, 2.45) is 0 Å².